The number of ether oxygens (including phenoxy) is 1. The summed E-state index contributed by atoms with van der Waals surface area (Å²) < 4.78 is 10.5. The van der Waals surface area contributed by atoms with Crippen LogP contribution in [-0.2, 0) is 6.54 Å². The highest BCUT2D eigenvalue weighted by Gasteiger charge is 2.10. The number of carbonyl (C=O) groups excluding carboxylic acids is 2. The Morgan fingerprint density at radius 2 is 1.85 bits per heavy atom. The third-order valence-electron chi connectivity index (χ3n) is 3.79. The Labute approximate surface area is 157 Å². The molecule has 27 heavy (non-hydrogen) atoms. The number of furan rings is 1. The molecule has 0 bridgehead atoms. The standard InChI is InChI=1S/C21H20N2O4/c1-2-26-18-9-4-7-16(13-18)20(24)22-14-15-6-3-8-17(12-15)23-21(25)19-10-5-11-27-19/h3-13H,2,14H2,1H3,(H,22,24)(H,23,25). The van der Waals surface area contributed by atoms with E-state index in [-0.39, 0.29) is 17.6 Å². The zero-order chi connectivity index (χ0) is 19.1. The molecular weight excluding hydrogens is 344 g/mol. The van der Waals surface area contributed by atoms with Crippen LogP contribution in [0.2, 0.25) is 0 Å². The van der Waals surface area contributed by atoms with Gasteiger partial charge in [0.15, 0.2) is 5.76 Å². The van der Waals surface area contributed by atoms with E-state index in [0.29, 0.717) is 30.2 Å². The average Bonchev–Trinajstić information content (AvgIpc) is 3.22. The van der Waals surface area contributed by atoms with Crippen LogP contribution in [0, 0.1) is 0 Å². The average molecular weight is 364 g/mol. The molecule has 0 aliphatic carbocycles. The van der Waals surface area contributed by atoms with Crippen LogP contribution in [-0.4, -0.2) is 18.4 Å². The zero-order valence-corrected chi connectivity index (χ0v) is 14.9. The molecule has 3 aromatic rings. The lowest BCUT2D eigenvalue weighted by Crippen LogP contribution is -2.22. The van der Waals surface area contributed by atoms with E-state index < -0.39 is 0 Å². The lowest BCUT2D eigenvalue weighted by molar-refractivity contribution is 0.0949. The Hall–Kier alpha value is -3.54. The normalized spacial score (nSPS) is 10.3. The highest BCUT2D eigenvalue weighted by molar-refractivity contribution is 6.02. The molecular formula is C21H20N2O4. The van der Waals surface area contributed by atoms with Gasteiger partial charge in [-0.1, -0.05) is 18.2 Å². The topological polar surface area (TPSA) is 80.6 Å². The minimum Gasteiger partial charge on any atom is -0.494 e. The van der Waals surface area contributed by atoms with Gasteiger partial charge in [0, 0.05) is 17.8 Å². The first-order valence-corrected chi connectivity index (χ1v) is 8.60. The molecule has 0 aliphatic heterocycles. The van der Waals surface area contributed by atoms with E-state index in [9.17, 15) is 9.59 Å². The summed E-state index contributed by atoms with van der Waals surface area (Å²) in [5.41, 5.74) is 2.02. The highest BCUT2D eigenvalue weighted by Crippen LogP contribution is 2.15. The molecule has 0 saturated heterocycles. The first-order chi connectivity index (χ1) is 13.2. The predicted molar refractivity (Wildman–Crippen MR) is 102 cm³/mol. The molecule has 0 spiro atoms. The van der Waals surface area contributed by atoms with Gasteiger partial charge < -0.3 is 19.8 Å². The van der Waals surface area contributed by atoms with E-state index in [1.807, 2.05) is 25.1 Å². The van der Waals surface area contributed by atoms with Crippen molar-refractivity contribution in [3.63, 3.8) is 0 Å². The van der Waals surface area contributed by atoms with E-state index in [4.69, 9.17) is 9.15 Å². The van der Waals surface area contributed by atoms with E-state index in [2.05, 4.69) is 10.6 Å². The summed E-state index contributed by atoms with van der Waals surface area (Å²) in [4.78, 5) is 24.4. The molecule has 2 amide bonds. The Balaban J connectivity index is 1.60. The smallest absolute Gasteiger partial charge is 0.291 e. The number of rotatable bonds is 7. The molecule has 3 rings (SSSR count). The largest absolute Gasteiger partial charge is 0.494 e. The van der Waals surface area contributed by atoms with Gasteiger partial charge in [-0.05, 0) is 55.0 Å². The van der Waals surface area contributed by atoms with E-state index in [1.54, 1.807) is 42.5 Å². The molecule has 0 unspecified atom stereocenters. The number of carbonyl (C=O) groups is 2. The van der Waals surface area contributed by atoms with Crippen LogP contribution in [0.4, 0.5) is 5.69 Å². The summed E-state index contributed by atoms with van der Waals surface area (Å²) >= 11 is 0. The second kappa shape index (κ2) is 8.71. The Kier molecular flexibility index (Phi) is 5.89. The van der Waals surface area contributed by atoms with Gasteiger partial charge in [0.25, 0.3) is 11.8 Å². The first-order valence-electron chi connectivity index (χ1n) is 8.60. The van der Waals surface area contributed by atoms with Crippen LogP contribution < -0.4 is 15.4 Å². The van der Waals surface area contributed by atoms with Gasteiger partial charge in [0.1, 0.15) is 5.75 Å². The van der Waals surface area contributed by atoms with Crippen molar-refractivity contribution in [2.45, 2.75) is 13.5 Å². The van der Waals surface area contributed by atoms with E-state index in [0.717, 1.165) is 5.56 Å². The lowest BCUT2D eigenvalue weighted by atomic mass is 10.1. The quantitative estimate of drug-likeness (QED) is 0.667. The molecule has 0 atom stereocenters. The molecule has 138 valence electrons. The SMILES string of the molecule is CCOc1cccc(C(=O)NCc2cccc(NC(=O)c3ccco3)c2)c1. The molecule has 1 aromatic heterocycles. The second-order valence-electron chi connectivity index (χ2n) is 5.78. The van der Waals surface area contributed by atoms with E-state index in [1.165, 1.54) is 6.26 Å². The Morgan fingerprint density at radius 3 is 2.63 bits per heavy atom. The number of anilines is 1. The maximum Gasteiger partial charge on any atom is 0.291 e. The molecule has 6 nitrogen and oxygen atoms in total. The van der Waals surface area contributed by atoms with Crippen molar-refractivity contribution in [1.29, 1.82) is 0 Å². The third-order valence-corrected chi connectivity index (χ3v) is 3.79. The van der Waals surface area contributed by atoms with Crippen molar-refractivity contribution < 1.29 is 18.7 Å². The monoisotopic (exact) mass is 364 g/mol. The summed E-state index contributed by atoms with van der Waals surface area (Å²) in [6, 6.07) is 17.5. The molecule has 1 heterocycles. The number of nitrogens with one attached hydrogen (secondary N) is 2. The number of hydrogen-bond acceptors (Lipinski definition) is 4. The van der Waals surface area contributed by atoms with Crippen molar-refractivity contribution in [2.24, 2.45) is 0 Å². The van der Waals surface area contributed by atoms with Crippen LogP contribution in [0.15, 0.2) is 71.3 Å². The lowest BCUT2D eigenvalue weighted by Gasteiger charge is -2.09. The van der Waals surface area contributed by atoms with Crippen LogP contribution in [0.25, 0.3) is 0 Å². The summed E-state index contributed by atoms with van der Waals surface area (Å²) in [5, 5.41) is 5.63. The Bertz CT molecular complexity index is 919. The number of benzene rings is 2. The van der Waals surface area contributed by atoms with Crippen molar-refractivity contribution >= 4 is 17.5 Å². The van der Waals surface area contributed by atoms with Crippen molar-refractivity contribution in [1.82, 2.24) is 5.32 Å². The molecule has 0 saturated carbocycles. The molecule has 2 N–H and O–H groups in total. The van der Waals surface area contributed by atoms with Gasteiger partial charge in [-0.3, -0.25) is 9.59 Å². The van der Waals surface area contributed by atoms with Gasteiger partial charge in [-0.25, -0.2) is 0 Å². The molecule has 2 aromatic carbocycles. The third kappa shape index (κ3) is 4.98. The van der Waals surface area contributed by atoms with Gasteiger partial charge in [0.05, 0.1) is 12.9 Å². The van der Waals surface area contributed by atoms with E-state index >= 15 is 0 Å². The molecule has 0 radical (unpaired) electrons. The Morgan fingerprint density at radius 1 is 1.00 bits per heavy atom. The summed E-state index contributed by atoms with van der Waals surface area (Å²) in [5.74, 6) is 0.381. The fourth-order valence-electron chi connectivity index (χ4n) is 2.54. The fourth-order valence-corrected chi connectivity index (χ4v) is 2.54. The molecule has 0 fully saturated rings. The van der Waals surface area contributed by atoms with Gasteiger partial charge >= 0.3 is 0 Å². The number of hydrogen-bond donors (Lipinski definition) is 2. The van der Waals surface area contributed by atoms with Gasteiger partial charge in [-0.15, -0.1) is 0 Å². The maximum atomic E-state index is 12.3. The van der Waals surface area contributed by atoms with Gasteiger partial charge in [0.2, 0.25) is 0 Å². The van der Waals surface area contributed by atoms with Crippen LogP contribution >= 0.6 is 0 Å². The van der Waals surface area contributed by atoms with Crippen molar-refractivity contribution in [3.05, 3.63) is 83.8 Å². The zero-order valence-electron chi connectivity index (χ0n) is 14.9. The van der Waals surface area contributed by atoms with Crippen molar-refractivity contribution in [2.75, 3.05) is 11.9 Å². The van der Waals surface area contributed by atoms with Crippen LogP contribution in [0.1, 0.15) is 33.4 Å². The summed E-state index contributed by atoms with van der Waals surface area (Å²) in [7, 11) is 0. The predicted octanol–water partition coefficient (Wildman–Crippen LogP) is 3.86. The fraction of sp³-hybridized carbons (Fsp3) is 0.143. The van der Waals surface area contributed by atoms with Gasteiger partial charge in [-0.2, -0.15) is 0 Å². The summed E-state index contributed by atoms with van der Waals surface area (Å²) in [6.45, 7) is 2.77. The molecule has 6 heteroatoms. The molecule has 0 aliphatic rings. The second-order valence-corrected chi connectivity index (χ2v) is 5.78. The van der Waals surface area contributed by atoms with Crippen LogP contribution in [0.5, 0.6) is 5.75 Å². The number of amides is 2. The van der Waals surface area contributed by atoms with Crippen molar-refractivity contribution in [3.8, 4) is 5.75 Å². The highest BCUT2D eigenvalue weighted by atomic mass is 16.5. The van der Waals surface area contributed by atoms with Crippen LogP contribution in [0.3, 0.4) is 0 Å². The summed E-state index contributed by atoms with van der Waals surface area (Å²) in [6.07, 6.45) is 1.45. The maximum absolute atomic E-state index is 12.3. The first kappa shape index (κ1) is 18.3. The minimum absolute atomic E-state index is 0.193. The minimum atomic E-state index is -0.325.